The van der Waals surface area contributed by atoms with Crippen LogP contribution in [-0.4, -0.2) is 31.0 Å². The van der Waals surface area contributed by atoms with Crippen LogP contribution in [0.15, 0.2) is 6.33 Å². The van der Waals surface area contributed by atoms with Gasteiger partial charge in [-0.3, -0.25) is 0 Å². The van der Waals surface area contributed by atoms with Crippen LogP contribution >= 0.6 is 0 Å². The molecule has 6 heteroatoms. The van der Waals surface area contributed by atoms with Crippen molar-refractivity contribution in [3.05, 3.63) is 6.33 Å². The van der Waals surface area contributed by atoms with Crippen LogP contribution in [0.2, 0.25) is 0 Å². The second-order valence-corrected chi connectivity index (χ2v) is 5.31. The van der Waals surface area contributed by atoms with E-state index in [4.69, 9.17) is 0 Å². The molecule has 1 aliphatic carbocycles. The van der Waals surface area contributed by atoms with E-state index in [-0.39, 0.29) is 0 Å². The summed E-state index contributed by atoms with van der Waals surface area (Å²) < 4.78 is 1.80. The van der Waals surface area contributed by atoms with E-state index in [1.807, 2.05) is 6.92 Å². The van der Waals surface area contributed by atoms with Gasteiger partial charge in [0, 0.05) is 12.6 Å². The largest absolute Gasteiger partial charge is 0.365 e. The van der Waals surface area contributed by atoms with Gasteiger partial charge in [0.25, 0.3) is 0 Å². The molecule has 2 aromatic rings. The zero-order chi connectivity index (χ0) is 13.2. The summed E-state index contributed by atoms with van der Waals surface area (Å²) in [6.07, 6.45) is 6.71. The molecule has 0 radical (unpaired) electrons. The van der Waals surface area contributed by atoms with Crippen LogP contribution < -0.4 is 5.32 Å². The lowest BCUT2D eigenvalue weighted by Gasteiger charge is -2.29. The molecule has 0 spiro atoms. The molecule has 1 fully saturated rings. The van der Waals surface area contributed by atoms with Crippen molar-refractivity contribution in [3.63, 3.8) is 0 Å². The van der Waals surface area contributed by atoms with Gasteiger partial charge in [0.2, 0.25) is 0 Å². The third-order valence-corrected chi connectivity index (χ3v) is 4.03. The first-order chi connectivity index (χ1) is 9.29. The summed E-state index contributed by atoms with van der Waals surface area (Å²) in [7, 11) is 0. The lowest BCUT2D eigenvalue weighted by Crippen LogP contribution is -2.30. The molecule has 2 heterocycles. The minimum absolute atomic E-state index is 0.485. The number of anilines is 1. The summed E-state index contributed by atoms with van der Waals surface area (Å²) in [6.45, 7) is 5.11. The summed E-state index contributed by atoms with van der Waals surface area (Å²) in [4.78, 5) is 8.62. The van der Waals surface area contributed by atoms with Crippen LogP contribution in [0.1, 0.15) is 39.5 Å². The summed E-state index contributed by atoms with van der Waals surface area (Å²) >= 11 is 0. The van der Waals surface area contributed by atoms with E-state index in [2.05, 4.69) is 32.5 Å². The summed E-state index contributed by atoms with van der Waals surface area (Å²) in [5.41, 5.74) is 1.59. The van der Waals surface area contributed by atoms with E-state index in [1.54, 1.807) is 11.0 Å². The van der Waals surface area contributed by atoms with Crippen LogP contribution in [0.3, 0.4) is 0 Å². The first kappa shape index (κ1) is 12.3. The second-order valence-electron chi connectivity index (χ2n) is 5.31. The number of hydrogen-bond donors (Lipinski definition) is 1. The highest BCUT2D eigenvalue weighted by Gasteiger charge is 2.22. The van der Waals surface area contributed by atoms with Crippen molar-refractivity contribution < 1.29 is 0 Å². The van der Waals surface area contributed by atoms with E-state index in [1.165, 1.54) is 25.7 Å². The van der Waals surface area contributed by atoms with E-state index < -0.39 is 0 Å². The zero-order valence-corrected chi connectivity index (χ0v) is 11.5. The molecule has 0 aromatic carbocycles. The Morgan fingerprint density at radius 2 is 2.16 bits per heavy atom. The lowest BCUT2D eigenvalue weighted by molar-refractivity contribution is 0.349. The predicted molar refractivity (Wildman–Crippen MR) is 73.8 cm³/mol. The van der Waals surface area contributed by atoms with Gasteiger partial charge in [-0.25, -0.2) is 14.6 Å². The fourth-order valence-corrected chi connectivity index (χ4v) is 2.82. The van der Waals surface area contributed by atoms with Gasteiger partial charge in [-0.2, -0.15) is 0 Å². The molecule has 2 unspecified atom stereocenters. The lowest BCUT2D eigenvalue weighted by atomic mass is 9.86. The smallest absolute Gasteiger partial charge is 0.183 e. The normalized spacial score (nSPS) is 23.7. The fourth-order valence-electron chi connectivity index (χ4n) is 2.82. The summed E-state index contributed by atoms with van der Waals surface area (Å²) in [6, 6.07) is 0.485. The average molecular weight is 260 g/mol. The molecule has 1 aliphatic rings. The van der Waals surface area contributed by atoms with Crippen LogP contribution in [0, 0.1) is 5.92 Å². The Morgan fingerprint density at radius 3 is 2.95 bits per heavy atom. The molecule has 0 aliphatic heterocycles. The SMILES string of the molecule is CCn1nnc2c(NC3CCCCC3C)ncnc21. The van der Waals surface area contributed by atoms with Crippen molar-refractivity contribution >= 4 is 17.0 Å². The monoisotopic (exact) mass is 260 g/mol. The van der Waals surface area contributed by atoms with Crippen molar-refractivity contribution in [2.75, 3.05) is 5.32 Å². The average Bonchev–Trinajstić information content (AvgIpc) is 2.85. The Bertz CT molecular complexity index is 563. The quantitative estimate of drug-likeness (QED) is 0.916. The number of nitrogens with zero attached hydrogens (tertiary/aromatic N) is 5. The molecule has 0 saturated heterocycles. The fraction of sp³-hybridized carbons (Fsp3) is 0.692. The Hall–Kier alpha value is -1.72. The van der Waals surface area contributed by atoms with E-state index in [9.17, 15) is 0 Å². The number of aryl methyl sites for hydroxylation is 1. The zero-order valence-electron chi connectivity index (χ0n) is 11.5. The van der Waals surface area contributed by atoms with Crippen molar-refractivity contribution in [3.8, 4) is 0 Å². The third-order valence-electron chi connectivity index (χ3n) is 4.03. The minimum atomic E-state index is 0.485. The number of fused-ring (bicyclic) bond motifs is 1. The summed E-state index contributed by atoms with van der Waals surface area (Å²) in [5, 5.41) is 11.9. The molecule has 1 N–H and O–H groups in total. The van der Waals surface area contributed by atoms with Gasteiger partial charge in [-0.15, -0.1) is 5.10 Å². The second kappa shape index (κ2) is 5.11. The van der Waals surface area contributed by atoms with Gasteiger partial charge in [0.05, 0.1) is 0 Å². The highest BCUT2D eigenvalue weighted by atomic mass is 15.4. The van der Waals surface area contributed by atoms with Gasteiger partial charge in [0.15, 0.2) is 17.0 Å². The van der Waals surface area contributed by atoms with Crippen molar-refractivity contribution in [2.24, 2.45) is 5.92 Å². The molecule has 2 atom stereocenters. The van der Waals surface area contributed by atoms with Crippen molar-refractivity contribution in [2.45, 2.75) is 52.1 Å². The Kier molecular flexibility index (Phi) is 3.31. The van der Waals surface area contributed by atoms with E-state index in [0.29, 0.717) is 12.0 Å². The first-order valence-corrected chi connectivity index (χ1v) is 7.10. The van der Waals surface area contributed by atoms with Gasteiger partial charge in [0.1, 0.15) is 6.33 Å². The molecular weight excluding hydrogens is 240 g/mol. The number of rotatable bonds is 3. The maximum absolute atomic E-state index is 4.35. The summed E-state index contributed by atoms with van der Waals surface area (Å²) in [5.74, 6) is 1.50. The highest BCUT2D eigenvalue weighted by molar-refractivity contribution is 5.81. The molecule has 0 bridgehead atoms. The van der Waals surface area contributed by atoms with Gasteiger partial charge in [-0.1, -0.05) is 25.0 Å². The van der Waals surface area contributed by atoms with Gasteiger partial charge >= 0.3 is 0 Å². The van der Waals surface area contributed by atoms with Crippen LogP contribution in [0.25, 0.3) is 11.2 Å². The molecule has 2 aromatic heterocycles. The Morgan fingerprint density at radius 1 is 1.32 bits per heavy atom. The molecule has 1 saturated carbocycles. The maximum atomic E-state index is 4.35. The third kappa shape index (κ3) is 2.27. The molecular formula is C13H20N6. The van der Waals surface area contributed by atoms with Crippen LogP contribution in [-0.2, 0) is 6.54 Å². The number of aromatic nitrogens is 5. The molecule has 19 heavy (non-hydrogen) atoms. The Labute approximate surface area is 112 Å². The molecule has 0 amide bonds. The highest BCUT2D eigenvalue weighted by Crippen LogP contribution is 2.27. The molecule has 3 rings (SSSR count). The van der Waals surface area contributed by atoms with Crippen LogP contribution in [0.4, 0.5) is 5.82 Å². The number of nitrogens with one attached hydrogen (secondary N) is 1. The van der Waals surface area contributed by atoms with Gasteiger partial charge < -0.3 is 5.32 Å². The topological polar surface area (TPSA) is 68.5 Å². The van der Waals surface area contributed by atoms with Gasteiger partial charge in [-0.05, 0) is 25.7 Å². The predicted octanol–water partition coefficient (Wildman–Crippen LogP) is 2.23. The minimum Gasteiger partial charge on any atom is -0.365 e. The maximum Gasteiger partial charge on any atom is 0.183 e. The first-order valence-electron chi connectivity index (χ1n) is 7.10. The van der Waals surface area contributed by atoms with E-state index >= 15 is 0 Å². The molecule has 102 valence electrons. The Balaban J connectivity index is 1.90. The van der Waals surface area contributed by atoms with Crippen molar-refractivity contribution in [1.82, 2.24) is 25.0 Å². The number of hydrogen-bond acceptors (Lipinski definition) is 5. The van der Waals surface area contributed by atoms with Crippen molar-refractivity contribution in [1.29, 1.82) is 0 Å². The van der Waals surface area contributed by atoms with Crippen LogP contribution in [0.5, 0.6) is 0 Å². The molecule has 6 nitrogen and oxygen atoms in total. The standard InChI is InChI=1S/C13H20N6/c1-3-19-13-11(17-18-19)12(14-8-15-13)16-10-7-5-4-6-9(10)2/h8-10H,3-7H2,1-2H3,(H,14,15,16). The van der Waals surface area contributed by atoms with E-state index in [0.717, 1.165) is 23.5 Å².